The predicted molar refractivity (Wildman–Crippen MR) is 82.9 cm³/mol. The van der Waals surface area contributed by atoms with Crippen molar-refractivity contribution >= 4 is 27.7 Å². The molecule has 20 heavy (non-hydrogen) atoms. The van der Waals surface area contributed by atoms with Gasteiger partial charge in [-0.3, -0.25) is 0 Å². The van der Waals surface area contributed by atoms with Crippen LogP contribution in [-0.2, 0) is 10.0 Å². The molecule has 0 amide bonds. The van der Waals surface area contributed by atoms with Crippen LogP contribution in [0.5, 0.6) is 0 Å². The molecule has 0 heterocycles. The van der Waals surface area contributed by atoms with E-state index >= 15 is 0 Å². The molecule has 0 aliphatic rings. The molecule has 0 saturated carbocycles. The van der Waals surface area contributed by atoms with Crippen LogP contribution in [0, 0.1) is 0 Å². The fraction of sp³-hybridized carbons (Fsp3) is 0.429. The fourth-order valence-electron chi connectivity index (χ4n) is 1.53. The van der Waals surface area contributed by atoms with Crippen LogP contribution in [-0.4, -0.2) is 25.7 Å². The van der Waals surface area contributed by atoms with Crippen molar-refractivity contribution in [2.75, 3.05) is 6.54 Å². The second kappa shape index (κ2) is 7.22. The third kappa shape index (κ3) is 5.63. The van der Waals surface area contributed by atoms with Gasteiger partial charge in [-0.25, -0.2) is 13.1 Å². The van der Waals surface area contributed by atoms with Crippen molar-refractivity contribution in [1.29, 1.82) is 0 Å². The molecule has 0 bridgehead atoms. The summed E-state index contributed by atoms with van der Waals surface area (Å²) in [5.41, 5.74) is -0.262. The monoisotopic (exact) mass is 317 g/mol. The first-order valence-electron chi connectivity index (χ1n) is 6.46. The molecule has 1 rings (SSSR count). The van der Waals surface area contributed by atoms with Crippen LogP contribution in [0.3, 0.4) is 0 Å². The van der Waals surface area contributed by atoms with Crippen LogP contribution < -0.4 is 4.72 Å². The normalized spacial score (nSPS) is 13.0. The minimum Gasteiger partial charge on any atom is -0.389 e. The molecule has 0 unspecified atom stereocenters. The van der Waals surface area contributed by atoms with E-state index < -0.39 is 15.6 Å². The summed E-state index contributed by atoms with van der Waals surface area (Å²) in [7, 11) is -3.57. The van der Waals surface area contributed by atoms with Crippen molar-refractivity contribution < 1.29 is 13.5 Å². The quantitative estimate of drug-likeness (QED) is 0.812. The number of hydrogen-bond acceptors (Lipinski definition) is 3. The lowest BCUT2D eigenvalue weighted by Gasteiger charge is -2.24. The molecular weight excluding hydrogens is 298 g/mol. The van der Waals surface area contributed by atoms with Crippen LogP contribution in [0.4, 0.5) is 0 Å². The smallest absolute Gasteiger partial charge is 0.233 e. The van der Waals surface area contributed by atoms with Gasteiger partial charge in [0.1, 0.15) is 0 Å². The molecule has 0 radical (unpaired) electrons. The number of hydrogen-bond donors (Lipinski definition) is 2. The number of halogens is 1. The molecule has 0 saturated heterocycles. The lowest BCUT2D eigenvalue weighted by atomic mass is 9.98. The van der Waals surface area contributed by atoms with E-state index in [0.29, 0.717) is 17.9 Å². The highest BCUT2D eigenvalue weighted by atomic mass is 35.5. The molecule has 2 N–H and O–H groups in total. The van der Waals surface area contributed by atoms with Crippen molar-refractivity contribution in [3.05, 3.63) is 40.3 Å². The van der Waals surface area contributed by atoms with E-state index in [4.69, 9.17) is 11.6 Å². The molecule has 0 spiro atoms. The van der Waals surface area contributed by atoms with Crippen molar-refractivity contribution in [3.63, 3.8) is 0 Å². The molecule has 112 valence electrons. The summed E-state index contributed by atoms with van der Waals surface area (Å²) >= 11 is 5.75. The fourth-order valence-corrected chi connectivity index (χ4v) is 2.55. The second-order valence-electron chi connectivity index (χ2n) is 4.65. The predicted octanol–water partition coefficient (Wildman–Crippen LogP) is 2.78. The van der Waals surface area contributed by atoms with Crippen molar-refractivity contribution in [3.8, 4) is 0 Å². The summed E-state index contributed by atoms with van der Waals surface area (Å²) in [5.74, 6) is 0. The van der Waals surface area contributed by atoms with Gasteiger partial charge in [0.25, 0.3) is 0 Å². The van der Waals surface area contributed by atoms with Gasteiger partial charge >= 0.3 is 0 Å². The molecule has 1 aromatic rings. The van der Waals surface area contributed by atoms with Crippen LogP contribution in [0.2, 0.25) is 5.02 Å². The average molecular weight is 318 g/mol. The van der Waals surface area contributed by atoms with E-state index in [-0.39, 0.29) is 6.54 Å². The van der Waals surface area contributed by atoms with E-state index in [0.717, 1.165) is 11.0 Å². The Labute approximate surface area is 125 Å². The number of nitrogens with one attached hydrogen (secondary N) is 1. The lowest BCUT2D eigenvalue weighted by molar-refractivity contribution is 0.0378. The third-order valence-electron chi connectivity index (χ3n) is 3.23. The van der Waals surface area contributed by atoms with E-state index in [9.17, 15) is 13.5 Å². The van der Waals surface area contributed by atoms with Gasteiger partial charge in [-0.2, -0.15) is 0 Å². The van der Waals surface area contributed by atoms with Crippen molar-refractivity contribution in [2.24, 2.45) is 0 Å². The van der Waals surface area contributed by atoms with Gasteiger partial charge in [-0.05, 0) is 36.6 Å². The zero-order valence-corrected chi connectivity index (χ0v) is 13.2. The Kier molecular flexibility index (Phi) is 6.20. The Balaban J connectivity index is 2.68. The molecule has 4 nitrogen and oxygen atoms in total. The molecule has 0 aromatic heterocycles. The number of aliphatic hydroxyl groups is 1. The molecule has 0 aliphatic heterocycles. The first kappa shape index (κ1) is 17.2. The summed E-state index contributed by atoms with van der Waals surface area (Å²) in [6.45, 7) is 3.65. The summed E-state index contributed by atoms with van der Waals surface area (Å²) in [4.78, 5) is 0. The minimum absolute atomic E-state index is 0.00723. The summed E-state index contributed by atoms with van der Waals surface area (Å²) in [6.07, 6.45) is 2.47. The van der Waals surface area contributed by atoms with E-state index in [1.807, 2.05) is 13.8 Å². The minimum atomic E-state index is -3.57. The summed E-state index contributed by atoms with van der Waals surface area (Å²) in [6, 6.07) is 6.83. The van der Waals surface area contributed by atoms with Gasteiger partial charge in [0.15, 0.2) is 0 Å². The van der Waals surface area contributed by atoms with Crippen molar-refractivity contribution in [2.45, 2.75) is 32.3 Å². The third-order valence-corrected chi connectivity index (χ3v) is 4.52. The maximum Gasteiger partial charge on any atom is 0.233 e. The Hall–Kier alpha value is -0.880. The van der Waals surface area contributed by atoms with Gasteiger partial charge in [0.2, 0.25) is 10.0 Å². The van der Waals surface area contributed by atoms with Crippen molar-refractivity contribution in [1.82, 2.24) is 4.72 Å². The standard InChI is InChI=1S/C14H20ClNO3S/c1-3-14(17,4-2)11-16-20(18,19)10-9-12-5-7-13(15)8-6-12/h5-10,16-17H,3-4,11H2,1-2H3/b10-9+. The average Bonchev–Trinajstić information content (AvgIpc) is 2.44. The van der Waals surface area contributed by atoms with Gasteiger partial charge in [0.05, 0.1) is 5.60 Å². The molecular formula is C14H20ClNO3S. The lowest BCUT2D eigenvalue weighted by Crippen LogP contribution is -2.41. The topological polar surface area (TPSA) is 66.4 Å². The SMILES string of the molecule is CCC(O)(CC)CNS(=O)(=O)/C=C/c1ccc(Cl)cc1. The van der Waals surface area contributed by atoms with Gasteiger partial charge in [-0.15, -0.1) is 0 Å². The highest BCUT2D eigenvalue weighted by Gasteiger charge is 2.23. The van der Waals surface area contributed by atoms with Crippen LogP contribution >= 0.6 is 11.6 Å². The molecule has 0 aliphatic carbocycles. The van der Waals surface area contributed by atoms with Crippen LogP contribution in [0.25, 0.3) is 6.08 Å². The van der Waals surface area contributed by atoms with E-state index in [1.54, 1.807) is 24.3 Å². The Morgan fingerprint density at radius 3 is 2.30 bits per heavy atom. The van der Waals surface area contributed by atoms with Gasteiger partial charge in [0, 0.05) is 17.0 Å². The maximum absolute atomic E-state index is 11.8. The molecule has 1 aromatic carbocycles. The second-order valence-corrected chi connectivity index (χ2v) is 6.74. The van der Waals surface area contributed by atoms with E-state index in [2.05, 4.69) is 4.72 Å². The summed E-state index contributed by atoms with van der Waals surface area (Å²) < 4.78 is 26.0. The first-order valence-corrected chi connectivity index (χ1v) is 8.38. The molecule has 6 heteroatoms. The first-order chi connectivity index (χ1) is 9.30. The Morgan fingerprint density at radius 1 is 1.25 bits per heavy atom. The van der Waals surface area contributed by atoms with Gasteiger partial charge in [-0.1, -0.05) is 37.6 Å². The zero-order valence-electron chi connectivity index (χ0n) is 11.6. The Morgan fingerprint density at radius 2 is 1.80 bits per heavy atom. The largest absolute Gasteiger partial charge is 0.389 e. The number of sulfonamides is 1. The van der Waals surface area contributed by atoms with Crippen LogP contribution in [0.15, 0.2) is 29.7 Å². The van der Waals surface area contributed by atoms with E-state index in [1.165, 1.54) is 6.08 Å². The van der Waals surface area contributed by atoms with Crippen LogP contribution in [0.1, 0.15) is 32.3 Å². The zero-order chi connectivity index (χ0) is 15.2. The summed E-state index contributed by atoms with van der Waals surface area (Å²) in [5, 5.41) is 11.7. The highest BCUT2D eigenvalue weighted by Crippen LogP contribution is 2.14. The van der Waals surface area contributed by atoms with Gasteiger partial charge < -0.3 is 5.11 Å². The number of rotatable bonds is 7. The molecule has 0 fully saturated rings. The highest BCUT2D eigenvalue weighted by molar-refractivity contribution is 7.92. The number of benzene rings is 1. The Bertz CT molecular complexity index is 548. The molecule has 0 atom stereocenters. The maximum atomic E-state index is 11.8.